The third-order valence-corrected chi connectivity index (χ3v) is 7.23. The zero-order valence-electron chi connectivity index (χ0n) is 21.2. The molecule has 2 atom stereocenters. The molecule has 2 heterocycles. The van der Waals surface area contributed by atoms with E-state index < -0.39 is 0 Å². The average Bonchev–Trinajstić information content (AvgIpc) is 3.34. The van der Waals surface area contributed by atoms with E-state index >= 15 is 0 Å². The first-order valence-electron chi connectivity index (χ1n) is 13.1. The van der Waals surface area contributed by atoms with Gasteiger partial charge in [0.15, 0.2) is 11.6 Å². The highest BCUT2D eigenvalue weighted by Gasteiger charge is 2.22. The van der Waals surface area contributed by atoms with Crippen molar-refractivity contribution in [1.29, 1.82) is 0 Å². The molecule has 0 radical (unpaired) electrons. The quantitative estimate of drug-likeness (QED) is 0.313. The number of rotatable bonds is 10. The minimum absolute atomic E-state index is 0.216. The maximum absolute atomic E-state index is 13.7. The first-order chi connectivity index (χ1) is 16.9. The largest absolute Gasteiger partial charge is 0.340 e. The molecular weight excluding hydrogens is 443 g/mol. The molecule has 0 aliphatic heterocycles. The lowest BCUT2D eigenvalue weighted by atomic mass is 9.92. The van der Waals surface area contributed by atoms with E-state index in [1.54, 1.807) is 13.0 Å². The first kappa shape index (κ1) is 25.3. The highest BCUT2D eigenvalue weighted by Crippen LogP contribution is 2.31. The Balaban J connectivity index is 1.31. The predicted octanol–water partition coefficient (Wildman–Crippen LogP) is 6.43. The lowest BCUT2D eigenvalue weighted by molar-refractivity contribution is -0.120. The fourth-order valence-corrected chi connectivity index (χ4v) is 5.24. The molecule has 1 fully saturated rings. The van der Waals surface area contributed by atoms with Crippen molar-refractivity contribution >= 4 is 5.78 Å². The number of nitrogens with zero attached hydrogens (tertiary/aromatic N) is 4. The summed E-state index contributed by atoms with van der Waals surface area (Å²) in [5.41, 5.74) is 3.35. The van der Waals surface area contributed by atoms with Crippen molar-refractivity contribution in [2.24, 2.45) is 11.8 Å². The molecule has 0 spiro atoms. The number of carbonyl (C=O) groups is 1. The Labute approximate surface area is 207 Å². The summed E-state index contributed by atoms with van der Waals surface area (Å²) in [6, 6.07) is 7.10. The van der Waals surface area contributed by atoms with Crippen LogP contribution in [0.25, 0.3) is 11.3 Å². The molecule has 0 saturated heterocycles. The lowest BCUT2D eigenvalue weighted by Gasteiger charge is -2.14. The summed E-state index contributed by atoms with van der Waals surface area (Å²) < 4.78 is 20.7. The monoisotopic (exact) mass is 480 g/mol. The molecule has 3 aromatic rings. The van der Waals surface area contributed by atoms with Gasteiger partial charge < -0.3 is 4.52 Å². The molecule has 1 aliphatic carbocycles. The first-order valence-corrected chi connectivity index (χ1v) is 13.1. The molecule has 4 rings (SSSR count). The number of carbonyl (C=O) groups excluding carboxylic acids is 1. The summed E-state index contributed by atoms with van der Waals surface area (Å²) in [6.45, 7) is 6.02. The Bertz CT molecular complexity index is 1140. The second-order valence-electron chi connectivity index (χ2n) is 10.1. The molecule has 2 aromatic heterocycles. The van der Waals surface area contributed by atoms with Gasteiger partial charge in [0.1, 0.15) is 5.82 Å². The number of ketones is 1. The molecule has 7 heteroatoms. The zero-order chi connectivity index (χ0) is 24.8. The maximum atomic E-state index is 13.7. The van der Waals surface area contributed by atoms with Gasteiger partial charge in [-0.1, -0.05) is 44.2 Å². The average molecular weight is 481 g/mol. The number of hydrogen-bond donors (Lipinski definition) is 0. The topological polar surface area (TPSA) is 73.8 Å². The van der Waals surface area contributed by atoms with Crippen molar-refractivity contribution < 1.29 is 13.7 Å². The molecule has 6 nitrogen and oxygen atoms in total. The van der Waals surface area contributed by atoms with Crippen molar-refractivity contribution in [3.8, 4) is 11.3 Å². The maximum Gasteiger partial charge on any atom is 0.223 e. The van der Waals surface area contributed by atoms with Gasteiger partial charge in [-0.2, -0.15) is 10.1 Å². The molecule has 1 saturated carbocycles. The van der Waals surface area contributed by atoms with Crippen LogP contribution in [0.5, 0.6) is 0 Å². The number of aromatic nitrogens is 4. The fraction of sp³-hybridized carbons (Fsp3) is 0.571. The highest BCUT2D eigenvalue weighted by atomic mass is 19.1. The van der Waals surface area contributed by atoms with Crippen LogP contribution in [0.4, 0.5) is 4.39 Å². The standard InChI is InChI=1S/C28H37FN4O2/c1-4-6-24-17-27(23-12-14-26(29)19(2)15-23)31-33(24)18-25(34)13-11-21-7-5-8-22(10-9-21)16-28-30-20(3)35-32-28/h12,14-15,17,21-22H,4-11,13,16,18H2,1-3H3. The Hall–Kier alpha value is -2.83. The molecule has 35 heavy (non-hydrogen) atoms. The summed E-state index contributed by atoms with van der Waals surface area (Å²) in [4.78, 5) is 17.3. The van der Waals surface area contributed by atoms with E-state index in [2.05, 4.69) is 17.1 Å². The van der Waals surface area contributed by atoms with Crippen molar-refractivity contribution in [3.05, 3.63) is 53.1 Å². The molecule has 0 bridgehead atoms. The van der Waals surface area contributed by atoms with Crippen molar-refractivity contribution in [2.45, 2.75) is 91.5 Å². The number of halogens is 1. The van der Waals surface area contributed by atoms with Crippen LogP contribution in [-0.4, -0.2) is 25.7 Å². The smallest absolute Gasteiger partial charge is 0.223 e. The molecule has 0 N–H and O–H groups in total. The van der Waals surface area contributed by atoms with E-state index in [-0.39, 0.29) is 11.6 Å². The van der Waals surface area contributed by atoms with Gasteiger partial charge in [-0.3, -0.25) is 9.48 Å². The van der Waals surface area contributed by atoms with Gasteiger partial charge in [-0.15, -0.1) is 0 Å². The van der Waals surface area contributed by atoms with E-state index in [9.17, 15) is 9.18 Å². The Morgan fingerprint density at radius 2 is 1.94 bits per heavy atom. The van der Waals surface area contributed by atoms with Crippen LogP contribution in [0, 0.1) is 31.5 Å². The van der Waals surface area contributed by atoms with Crippen LogP contribution < -0.4 is 0 Å². The Morgan fingerprint density at radius 3 is 2.69 bits per heavy atom. The molecule has 1 aliphatic rings. The molecule has 0 amide bonds. The number of benzene rings is 1. The van der Waals surface area contributed by atoms with Gasteiger partial charge in [0.05, 0.1) is 12.2 Å². The third kappa shape index (κ3) is 6.86. The normalized spacial score (nSPS) is 18.5. The van der Waals surface area contributed by atoms with Gasteiger partial charge in [0.25, 0.3) is 0 Å². The third-order valence-electron chi connectivity index (χ3n) is 7.23. The van der Waals surface area contributed by atoms with E-state index in [0.29, 0.717) is 36.3 Å². The Kier molecular flexibility index (Phi) is 8.47. The minimum atomic E-state index is -0.216. The van der Waals surface area contributed by atoms with Crippen LogP contribution in [-0.2, 0) is 24.2 Å². The van der Waals surface area contributed by atoms with E-state index in [1.807, 2.05) is 23.7 Å². The van der Waals surface area contributed by atoms with Gasteiger partial charge in [-0.25, -0.2) is 4.39 Å². The van der Waals surface area contributed by atoms with Gasteiger partial charge in [0.2, 0.25) is 5.89 Å². The SMILES string of the molecule is CCCc1cc(-c2ccc(F)c(C)c2)nn1CC(=O)CCC1CCCC(Cc2noc(C)n2)CC1. The van der Waals surface area contributed by atoms with Gasteiger partial charge in [-0.05, 0) is 67.9 Å². The zero-order valence-corrected chi connectivity index (χ0v) is 21.2. The number of Topliss-reactive ketones (excluding diaryl/α,β-unsaturated/α-hetero) is 1. The summed E-state index contributed by atoms with van der Waals surface area (Å²) >= 11 is 0. The summed E-state index contributed by atoms with van der Waals surface area (Å²) in [6.07, 6.45) is 10.2. The van der Waals surface area contributed by atoms with Crippen molar-refractivity contribution in [2.75, 3.05) is 0 Å². The van der Waals surface area contributed by atoms with Gasteiger partial charge >= 0.3 is 0 Å². The second kappa shape index (κ2) is 11.7. The van der Waals surface area contributed by atoms with Crippen LogP contribution in [0.15, 0.2) is 28.8 Å². The van der Waals surface area contributed by atoms with Crippen LogP contribution >= 0.6 is 0 Å². The molecule has 2 unspecified atom stereocenters. The second-order valence-corrected chi connectivity index (χ2v) is 10.1. The predicted molar refractivity (Wildman–Crippen MR) is 133 cm³/mol. The van der Waals surface area contributed by atoms with Crippen molar-refractivity contribution in [1.82, 2.24) is 19.9 Å². The summed E-state index contributed by atoms with van der Waals surface area (Å²) in [7, 11) is 0. The van der Waals surface area contributed by atoms with E-state index in [0.717, 1.165) is 61.3 Å². The van der Waals surface area contributed by atoms with Crippen LogP contribution in [0.3, 0.4) is 0 Å². The highest BCUT2D eigenvalue weighted by molar-refractivity contribution is 5.78. The summed E-state index contributed by atoms with van der Waals surface area (Å²) in [5.74, 6) is 2.66. The fourth-order valence-electron chi connectivity index (χ4n) is 5.24. The number of hydrogen-bond acceptors (Lipinski definition) is 5. The Morgan fingerprint density at radius 1 is 1.14 bits per heavy atom. The van der Waals surface area contributed by atoms with Crippen LogP contribution in [0.1, 0.15) is 81.3 Å². The van der Waals surface area contributed by atoms with E-state index in [4.69, 9.17) is 9.62 Å². The molecule has 1 aromatic carbocycles. The minimum Gasteiger partial charge on any atom is -0.340 e. The summed E-state index contributed by atoms with van der Waals surface area (Å²) in [5, 5.41) is 8.78. The van der Waals surface area contributed by atoms with Crippen LogP contribution in [0.2, 0.25) is 0 Å². The number of aryl methyl sites for hydroxylation is 3. The van der Waals surface area contributed by atoms with Crippen molar-refractivity contribution in [3.63, 3.8) is 0 Å². The van der Waals surface area contributed by atoms with E-state index in [1.165, 1.54) is 25.3 Å². The molecular formula is C28H37FN4O2. The lowest BCUT2D eigenvalue weighted by Crippen LogP contribution is -2.15. The molecule has 188 valence electrons. The van der Waals surface area contributed by atoms with Gasteiger partial charge in [0, 0.05) is 31.0 Å².